The fourth-order valence-electron chi connectivity index (χ4n) is 7.89. The van der Waals surface area contributed by atoms with E-state index >= 15 is 0 Å². The van der Waals surface area contributed by atoms with E-state index in [2.05, 4.69) is 0 Å². The summed E-state index contributed by atoms with van der Waals surface area (Å²) >= 11 is 0. The van der Waals surface area contributed by atoms with Crippen molar-refractivity contribution in [1.29, 1.82) is 0 Å². The van der Waals surface area contributed by atoms with Gasteiger partial charge < -0.3 is 0 Å². The Labute approximate surface area is 135 Å². The van der Waals surface area contributed by atoms with Crippen molar-refractivity contribution in [2.75, 3.05) is 0 Å². The molecular weight excluding hydrogens is 268 g/mol. The molecule has 0 saturated heterocycles. The molecule has 5 fully saturated rings. The van der Waals surface area contributed by atoms with Gasteiger partial charge >= 0.3 is 0 Å². The predicted molar refractivity (Wildman–Crippen MR) is 88.3 cm³/mol. The summed E-state index contributed by atoms with van der Waals surface area (Å²) in [5.74, 6) is 7.29. The van der Waals surface area contributed by atoms with Gasteiger partial charge in [0, 0.05) is 11.8 Å². The molecule has 0 aromatic rings. The number of ketones is 1. The zero-order valence-electron chi connectivity index (χ0n) is 14.0. The van der Waals surface area contributed by atoms with Crippen LogP contribution in [0, 0.1) is 47.3 Å². The minimum atomic E-state index is 0.492. The molecule has 1 heteroatoms. The molecule has 0 amide bonds. The van der Waals surface area contributed by atoms with E-state index in [-0.39, 0.29) is 0 Å². The van der Waals surface area contributed by atoms with E-state index < -0.39 is 0 Å². The molecule has 5 saturated carbocycles. The Morgan fingerprint density at radius 3 is 2.18 bits per heavy atom. The molecule has 22 heavy (non-hydrogen) atoms. The average Bonchev–Trinajstić information content (AvgIpc) is 2.86. The molecular formula is C21H32O. The van der Waals surface area contributed by atoms with Crippen LogP contribution in [0.5, 0.6) is 0 Å². The molecule has 0 spiro atoms. The first kappa shape index (κ1) is 14.1. The third-order valence-electron chi connectivity index (χ3n) is 8.75. The third kappa shape index (κ3) is 1.99. The summed E-state index contributed by atoms with van der Waals surface area (Å²) in [6.07, 6.45) is 17.0. The Balaban J connectivity index is 1.40. The van der Waals surface area contributed by atoms with Gasteiger partial charge in [-0.15, -0.1) is 0 Å². The lowest BCUT2D eigenvalue weighted by molar-refractivity contribution is -0.127. The molecule has 0 radical (unpaired) electrons. The maximum Gasteiger partial charge on any atom is 0.139 e. The quantitative estimate of drug-likeness (QED) is 0.598. The normalized spacial score (nSPS) is 54.1. The first-order valence-electron chi connectivity index (χ1n) is 10.4. The van der Waals surface area contributed by atoms with E-state index in [1.165, 1.54) is 77.0 Å². The Morgan fingerprint density at radius 2 is 1.27 bits per heavy atom. The highest BCUT2D eigenvalue weighted by Crippen LogP contribution is 2.60. The van der Waals surface area contributed by atoms with Crippen LogP contribution < -0.4 is 0 Å². The summed E-state index contributed by atoms with van der Waals surface area (Å²) in [5, 5.41) is 0. The van der Waals surface area contributed by atoms with Gasteiger partial charge in [0.25, 0.3) is 0 Å². The average molecular weight is 300 g/mol. The van der Waals surface area contributed by atoms with E-state index in [0.717, 1.165) is 41.3 Å². The molecule has 0 bridgehead atoms. The number of Topliss-reactive ketones (excluding diaryl/α,β-unsaturated/α-hetero) is 1. The molecule has 0 heterocycles. The van der Waals surface area contributed by atoms with E-state index in [1.807, 2.05) is 0 Å². The number of carbonyl (C=O) groups excluding carboxylic acids is 1. The highest BCUT2D eigenvalue weighted by Gasteiger charge is 2.56. The lowest BCUT2D eigenvalue weighted by Crippen LogP contribution is -2.43. The molecule has 0 aromatic heterocycles. The fourth-order valence-corrected chi connectivity index (χ4v) is 7.89. The number of rotatable bonds is 0. The van der Waals surface area contributed by atoms with Crippen molar-refractivity contribution in [1.82, 2.24) is 0 Å². The molecule has 0 N–H and O–H groups in total. The minimum Gasteiger partial charge on any atom is -0.299 e. The zero-order valence-corrected chi connectivity index (χ0v) is 14.0. The Morgan fingerprint density at radius 1 is 0.545 bits per heavy atom. The standard InChI is InChI=1S/C21H32O/c22-21-17-8-4-3-7-16(17)19-11-14-10-9-13-5-1-2-6-15(13)18(14)12-20(19)21/h13-20H,1-12H2. The summed E-state index contributed by atoms with van der Waals surface area (Å²) in [7, 11) is 0. The smallest absolute Gasteiger partial charge is 0.139 e. The Bertz CT molecular complexity index is 455. The number of fused-ring (bicyclic) bond motifs is 6. The molecule has 5 rings (SSSR count). The molecule has 5 aliphatic rings. The maximum atomic E-state index is 13.0. The van der Waals surface area contributed by atoms with Crippen LogP contribution in [0.25, 0.3) is 0 Å². The lowest BCUT2D eigenvalue weighted by Gasteiger charge is -2.51. The minimum absolute atomic E-state index is 0.492. The van der Waals surface area contributed by atoms with Crippen LogP contribution in [0.4, 0.5) is 0 Å². The van der Waals surface area contributed by atoms with Crippen molar-refractivity contribution in [2.24, 2.45) is 47.3 Å². The molecule has 8 unspecified atom stereocenters. The van der Waals surface area contributed by atoms with E-state index in [4.69, 9.17) is 0 Å². The number of carbonyl (C=O) groups is 1. The number of hydrogen-bond acceptors (Lipinski definition) is 1. The van der Waals surface area contributed by atoms with Gasteiger partial charge in [-0.3, -0.25) is 4.79 Å². The fraction of sp³-hybridized carbons (Fsp3) is 0.952. The van der Waals surface area contributed by atoms with Gasteiger partial charge in [0.15, 0.2) is 0 Å². The van der Waals surface area contributed by atoms with Crippen LogP contribution in [0.2, 0.25) is 0 Å². The predicted octanol–water partition coefficient (Wildman–Crippen LogP) is 5.23. The molecule has 122 valence electrons. The molecule has 1 nitrogen and oxygen atoms in total. The highest BCUT2D eigenvalue weighted by atomic mass is 16.1. The molecule has 5 aliphatic carbocycles. The summed E-state index contributed by atoms with van der Waals surface area (Å²) in [5.41, 5.74) is 0. The van der Waals surface area contributed by atoms with Crippen molar-refractivity contribution >= 4 is 5.78 Å². The third-order valence-corrected chi connectivity index (χ3v) is 8.75. The van der Waals surface area contributed by atoms with Gasteiger partial charge in [-0.2, -0.15) is 0 Å². The Kier molecular flexibility index (Phi) is 3.42. The summed E-state index contributed by atoms with van der Waals surface area (Å²) in [4.78, 5) is 13.0. The first-order chi connectivity index (χ1) is 10.8. The van der Waals surface area contributed by atoms with Gasteiger partial charge in [-0.1, -0.05) is 32.1 Å². The number of hydrogen-bond donors (Lipinski definition) is 0. The molecule has 8 atom stereocenters. The van der Waals surface area contributed by atoms with Crippen LogP contribution in [0.1, 0.15) is 77.0 Å². The molecule has 0 aromatic carbocycles. The maximum absolute atomic E-state index is 13.0. The van der Waals surface area contributed by atoms with Gasteiger partial charge in [0.1, 0.15) is 5.78 Å². The van der Waals surface area contributed by atoms with Crippen molar-refractivity contribution in [3.05, 3.63) is 0 Å². The van der Waals surface area contributed by atoms with Gasteiger partial charge in [0.2, 0.25) is 0 Å². The second-order valence-electron chi connectivity index (χ2n) is 9.41. The van der Waals surface area contributed by atoms with Crippen LogP contribution in [0.3, 0.4) is 0 Å². The van der Waals surface area contributed by atoms with Gasteiger partial charge in [-0.25, -0.2) is 0 Å². The summed E-state index contributed by atoms with van der Waals surface area (Å²) in [6.45, 7) is 0. The van der Waals surface area contributed by atoms with Crippen molar-refractivity contribution in [3.8, 4) is 0 Å². The summed E-state index contributed by atoms with van der Waals surface area (Å²) < 4.78 is 0. The van der Waals surface area contributed by atoms with E-state index in [9.17, 15) is 4.79 Å². The lowest BCUT2D eigenvalue weighted by atomic mass is 9.54. The topological polar surface area (TPSA) is 17.1 Å². The first-order valence-corrected chi connectivity index (χ1v) is 10.4. The van der Waals surface area contributed by atoms with Gasteiger partial charge in [0.05, 0.1) is 0 Å². The second-order valence-corrected chi connectivity index (χ2v) is 9.41. The highest BCUT2D eigenvalue weighted by molar-refractivity contribution is 5.86. The van der Waals surface area contributed by atoms with Crippen molar-refractivity contribution in [2.45, 2.75) is 77.0 Å². The monoisotopic (exact) mass is 300 g/mol. The van der Waals surface area contributed by atoms with Crippen molar-refractivity contribution < 1.29 is 4.79 Å². The Hall–Kier alpha value is -0.330. The van der Waals surface area contributed by atoms with Crippen LogP contribution in [0.15, 0.2) is 0 Å². The van der Waals surface area contributed by atoms with Crippen LogP contribution >= 0.6 is 0 Å². The molecule has 0 aliphatic heterocycles. The SMILES string of the molecule is O=C1C2CCCCC2C2CC3CCC4CCCCC4C3CC12. The van der Waals surface area contributed by atoms with E-state index in [0.29, 0.717) is 11.8 Å². The largest absolute Gasteiger partial charge is 0.299 e. The summed E-state index contributed by atoms with van der Waals surface area (Å²) in [6, 6.07) is 0. The van der Waals surface area contributed by atoms with Gasteiger partial charge in [-0.05, 0) is 80.5 Å². The van der Waals surface area contributed by atoms with Crippen molar-refractivity contribution in [3.63, 3.8) is 0 Å². The van der Waals surface area contributed by atoms with E-state index in [1.54, 1.807) is 0 Å². The van der Waals surface area contributed by atoms with Crippen LogP contribution in [-0.2, 0) is 4.79 Å². The zero-order chi connectivity index (χ0) is 14.7. The second kappa shape index (κ2) is 5.35. The van der Waals surface area contributed by atoms with Crippen LogP contribution in [-0.4, -0.2) is 5.78 Å².